The minimum Gasteiger partial charge on any atom is -0.491 e. The Kier molecular flexibility index (Phi) is 3.99. The fourth-order valence-electron chi connectivity index (χ4n) is 3.02. The van der Waals surface area contributed by atoms with Gasteiger partial charge in [-0.2, -0.15) is 0 Å². The Labute approximate surface area is 139 Å². The van der Waals surface area contributed by atoms with Crippen molar-refractivity contribution in [3.05, 3.63) is 29.8 Å². The van der Waals surface area contributed by atoms with E-state index in [9.17, 15) is 5.11 Å². The maximum absolute atomic E-state index is 10.2. The molecular formula is C16H20N4O4. The number of fused-ring (bicyclic) bond motifs is 2. The van der Waals surface area contributed by atoms with Crippen LogP contribution in [0.15, 0.2) is 18.2 Å². The van der Waals surface area contributed by atoms with Crippen LogP contribution in [-0.4, -0.2) is 57.4 Å². The molecule has 128 valence electrons. The van der Waals surface area contributed by atoms with E-state index in [-0.39, 0.29) is 13.4 Å². The number of hydrogen-bond donors (Lipinski definition) is 1. The van der Waals surface area contributed by atoms with Crippen LogP contribution in [0.4, 0.5) is 0 Å². The van der Waals surface area contributed by atoms with E-state index in [0.717, 1.165) is 30.5 Å². The lowest BCUT2D eigenvalue weighted by molar-refractivity contribution is 0.0581. The van der Waals surface area contributed by atoms with Crippen molar-refractivity contribution in [3.63, 3.8) is 0 Å². The normalized spacial score (nSPS) is 17.6. The molecule has 24 heavy (non-hydrogen) atoms. The van der Waals surface area contributed by atoms with Crippen molar-refractivity contribution < 1.29 is 19.3 Å². The van der Waals surface area contributed by atoms with Crippen LogP contribution in [0.2, 0.25) is 0 Å². The highest BCUT2D eigenvalue weighted by Crippen LogP contribution is 2.35. The van der Waals surface area contributed by atoms with Crippen LogP contribution in [-0.2, 0) is 13.1 Å². The van der Waals surface area contributed by atoms with Crippen molar-refractivity contribution in [2.24, 2.45) is 0 Å². The molecule has 1 aromatic carbocycles. The van der Waals surface area contributed by atoms with Gasteiger partial charge in [0.2, 0.25) is 6.79 Å². The van der Waals surface area contributed by atoms with Gasteiger partial charge in [-0.15, -0.1) is 10.2 Å². The number of hydrogen-bond acceptors (Lipinski definition) is 7. The molecule has 2 aliphatic rings. The van der Waals surface area contributed by atoms with Gasteiger partial charge in [0, 0.05) is 25.7 Å². The summed E-state index contributed by atoms with van der Waals surface area (Å²) in [7, 11) is 0. The largest absolute Gasteiger partial charge is 0.491 e. The van der Waals surface area contributed by atoms with E-state index < -0.39 is 6.10 Å². The summed E-state index contributed by atoms with van der Waals surface area (Å²) in [4.78, 5) is 2.16. The first-order valence-electron chi connectivity index (χ1n) is 8.00. The molecule has 2 aliphatic heterocycles. The lowest BCUT2D eigenvalue weighted by Crippen LogP contribution is -2.40. The van der Waals surface area contributed by atoms with E-state index in [1.54, 1.807) is 6.07 Å². The van der Waals surface area contributed by atoms with Crippen LogP contribution in [0.1, 0.15) is 11.6 Å². The molecule has 0 saturated heterocycles. The molecule has 1 atom stereocenters. The zero-order valence-corrected chi connectivity index (χ0v) is 13.5. The van der Waals surface area contributed by atoms with Crippen LogP contribution in [0, 0.1) is 6.92 Å². The Balaban J connectivity index is 1.29. The topological polar surface area (TPSA) is 81.9 Å². The molecule has 3 heterocycles. The molecule has 2 aromatic rings. The Morgan fingerprint density at radius 1 is 1.25 bits per heavy atom. The summed E-state index contributed by atoms with van der Waals surface area (Å²) in [5.41, 5.74) is 0. The van der Waals surface area contributed by atoms with Gasteiger partial charge in [-0.1, -0.05) is 0 Å². The number of aryl methyl sites for hydroxylation is 1. The summed E-state index contributed by atoms with van der Waals surface area (Å²) >= 11 is 0. The molecule has 1 aromatic heterocycles. The molecule has 0 amide bonds. The van der Waals surface area contributed by atoms with Crippen LogP contribution < -0.4 is 14.2 Å². The number of nitrogens with zero attached hydrogens (tertiary/aromatic N) is 4. The molecule has 0 unspecified atom stereocenters. The Morgan fingerprint density at radius 2 is 2.12 bits per heavy atom. The molecule has 0 saturated carbocycles. The minimum atomic E-state index is -0.578. The van der Waals surface area contributed by atoms with Crippen molar-refractivity contribution in [2.45, 2.75) is 26.1 Å². The van der Waals surface area contributed by atoms with E-state index >= 15 is 0 Å². The summed E-state index contributed by atoms with van der Waals surface area (Å²) in [5.74, 6) is 3.94. The molecule has 1 N–H and O–H groups in total. The Morgan fingerprint density at radius 3 is 3.04 bits per heavy atom. The Bertz CT molecular complexity index is 733. The van der Waals surface area contributed by atoms with Gasteiger partial charge in [-0.3, -0.25) is 4.90 Å². The zero-order chi connectivity index (χ0) is 16.5. The van der Waals surface area contributed by atoms with Crippen LogP contribution >= 0.6 is 0 Å². The van der Waals surface area contributed by atoms with Crippen molar-refractivity contribution in [1.82, 2.24) is 19.7 Å². The van der Waals surface area contributed by atoms with Gasteiger partial charge in [0.1, 0.15) is 30.1 Å². The number of aromatic nitrogens is 3. The van der Waals surface area contributed by atoms with Gasteiger partial charge < -0.3 is 23.9 Å². The van der Waals surface area contributed by atoms with E-state index in [0.29, 0.717) is 24.6 Å². The molecular weight excluding hydrogens is 312 g/mol. The third-order valence-electron chi connectivity index (χ3n) is 4.27. The number of aliphatic hydroxyl groups excluding tert-OH is 1. The summed E-state index contributed by atoms with van der Waals surface area (Å²) in [6.07, 6.45) is -0.578. The predicted molar refractivity (Wildman–Crippen MR) is 84.1 cm³/mol. The molecule has 0 aliphatic carbocycles. The second kappa shape index (κ2) is 6.29. The van der Waals surface area contributed by atoms with Gasteiger partial charge in [-0.05, 0) is 19.1 Å². The highest BCUT2D eigenvalue weighted by atomic mass is 16.7. The second-order valence-electron chi connectivity index (χ2n) is 6.03. The fourth-order valence-corrected chi connectivity index (χ4v) is 3.02. The molecule has 8 nitrogen and oxygen atoms in total. The second-order valence-corrected chi connectivity index (χ2v) is 6.03. The van der Waals surface area contributed by atoms with Crippen molar-refractivity contribution in [3.8, 4) is 17.2 Å². The lowest BCUT2D eigenvalue weighted by atomic mass is 10.2. The number of benzene rings is 1. The van der Waals surface area contributed by atoms with Crippen molar-refractivity contribution in [2.75, 3.05) is 26.5 Å². The highest BCUT2D eigenvalue weighted by molar-refractivity contribution is 5.46. The van der Waals surface area contributed by atoms with E-state index in [1.165, 1.54) is 0 Å². The molecule has 4 rings (SSSR count). The lowest BCUT2D eigenvalue weighted by Gasteiger charge is -2.29. The predicted octanol–water partition coefficient (Wildman–Crippen LogP) is 0.571. The first kappa shape index (κ1) is 15.2. The van der Waals surface area contributed by atoms with Crippen molar-refractivity contribution >= 4 is 0 Å². The molecule has 0 bridgehead atoms. The summed E-state index contributed by atoms with van der Waals surface area (Å²) in [6, 6.07) is 5.40. The van der Waals surface area contributed by atoms with Crippen molar-refractivity contribution in [1.29, 1.82) is 0 Å². The zero-order valence-electron chi connectivity index (χ0n) is 13.5. The maximum atomic E-state index is 10.2. The molecule has 0 radical (unpaired) electrons. The third kappa shape index (κ3) is 3.02. The minimum absolute atomic E-state index is 0.224. The summed E-state index contributed by atoms with van der Waals surface area (Å²) in [5, 5.41) is 18.5. The van der Waals surface area contributed by atoms with Gasteiger partial charge in [-0.25, -0.2) is 0 Å². The number of β-amino-alcohol motifs (C(OH)–C–C–N with tert-alkyl or cyclic N) is 1. The fraction of sp³-hybridized carbons (Fsp3) is 0.500. The first-order valence-corrected chi connectivity index (χ1v) is 8.00. The molecule has 8 heteroatoms. The third-order valence-corrected chi connectivity index (χ3v) is 4.27. The SMILES string of the molecule is Cc1nnc2n1CCN(C[C@@H](O)COc1ccc3c(c1)OCO3)C2. The monoisotopic (exact) mass is 332 g/mol. The number of aliphatic hydroxyl groups is 1. The standard InChI is InChI=1S/C16H20N4O4/c1-11-17-18-16-8-19(4-5-20(11)16)7-12(21)9-22-13-2-3-14-15(6-13)24-10-23-14/h2-3,6,12,21H,4-5,7-10H2,1H3/t12-/m1/s1. The maximum Gasteiger partial charge on any atom is 0.231 e. The van der Waals surface area contributed by atoms with Gasteiger partial charge in [0.05, 0.1) is 6.54 Å². The van der Waals surface area contributed by atoms with Gasteiger partial charge >= 0.3 is 0 Å². The van der Waals surface area contributed by atoms with E-state index in [4.69, 9.17) is 14.2 Å². The molecule has 0 spiro atoms. The van der Waals surface area contributed by atoms with E-state index in [1.807, 2.05) is 19.1 Å². The van der Waals surface area contributed by atoms with Gasteiger partial charge in [0.25, 0.3) is 0 Å². The average Bonchev–Trinajstić information content (AvgIpc) is 3.19. The number of ether oxygens (including phenoxy) is 3. The van der Waals surface area contributed by atoms with E-state index in [2.05, 4.69) is 19.7 Å². The summed E-state index contributed by atoms with van der Waals surface area (Å²) < 4.78 is 18.4. The highest BCUT2D eigenvalue weighted by Gasteiger charge is 2.22. The Hall–Kier alpha value is -2.32. The quantitative estimate of drug-likeness (QED) is 0.857. The smallest absolute Gasteiger partial charge is 0.231 e. The molecule has 0 fully saturated rings. The van der Waals surface area contributed by atoms with Gasteiger partial charge in [0.15, 0.2) is 11.5 Å². The summed E-state index contributed by atoms with van der Waals surface area (Å²) in [6.45, 7) is 5.37. The van der Waals surface area contributed by atoms with Crippen LogP contribution in [0.25, 0.3) is 0 Å². The van der Waals surface area contributed by atoms with Crippen LogP contribution in [0.3, 0.4) is 0 Å². The first-order chi connectivity index (χ1) is 11.7. The van der Waals surface area contributed by atoms with Crippen LogP contribution in [0.5, 0.6) is 17.2 Å². The average molecular weight is 332 g/mol. The number of rotatable bonds is 5.